The van der Waals surface area contributed by atoms with Crippen LogP contribution in [-0.4, -0.2) is 29.5 Å². The van der Waals surface area contributed by atoms with E-state index in [4.69, 9.17) is 17.5 Å². The van der Waals surface area contributed by atoms with Gasteiger partial charge in [0, 0.05) is 12.7 Å². The summed E-state index contributed by atoms with van der Waals surface area (Å²) in [5.41, 5.74) is -3.43. The van der Waals surface area contributed by atoms with Crippen molar-refractivity contribution in [2.75, 3.05) is 16.8 Å². The van der Waals surface area contributed by atoms with E-state index in [0.717, 1.165) is 29.5 Å². The highest BCUT2D eigenvalue weighted by Gasteiger charge is 2.59. The molecule has 1 aliphatic carbocycles. The Kier molecular flexibility index (Phi) is 6.53. The average Bonchev–Trinajstić information content (AvgIpc) is 3.02. The third-order valence-corrected chi connectivity index (χ3v) is 7.36. The summed E-state index contributed by atoms with van der Waals surface area (Å²) in [6.07, 6.45) is -2.67. The monoisotopic (exact) mass is 532 g/mol. The summed E-state index contributed by atoms with van der Waals surface area (Å²) in [4.78, 5) is 28.6. The van der Waals surface area contributed by atoms with Gasteiger partial charge < -0.3 is 10.2 Å². The number of amides is 2. The summed E-state index contributed by atoms with van der Waals surface area (Å²) in [6.45, 7) is 3.98. The number of nitriles is 1. The van der Waals surface area contributed by atoms with Crippen molar-refractivity contribution in [1.29, 1.82) is 5.26 Å². The third kappa shape index (κ3) is 4.44. The van der Waals surface area contributed by atoms with E-state index in [1.54, 1.807) is 0 Å². The molecule has 1 aliphatic heterocycles. The SMILES string of the molecule is CNC(=O)c1ccc(N2C(=S)N(c3ccc(C#N)c(C(F)(F)F)c3)C(=O)[C@@]23CCCC(C)(C)C3)cc1F. The lowest BCUT2D eigenvalue weighted by atomic mass is 9.67. The van der Waals surface area contributed by atoms with Crippen molar-refractivity contribution in [3.8, 4) is 6.07 Å². The predicted octanol–water partition coefficient (Wildman–Crippen LogP) is 5.55. The molecule has 0 unspecified atom stereocenters. The standard InChI is InChI=1S/C26H24F4N4O2S/c1-24(2)9-4-10-25(14-24)22(36)33(16-6-5-15(13-31)19(11-16)26(28,29)30)23(37)34(25)17-7-8-18(20(27)12-17)21(35)32-3/h5-8,11-12H,4,9-10,14H2,1-3H3,(H,32,35)/t25-/m0/s1. The highest BCUT2D eigenvalue weighted by atomic mass is 32.1. The summed E-state index contributed by atoms with van der Waals surface area (Å²) in [6, 6.07) is 8.39. The van der Waals surface area contributed by atoms with Crippen molar-refractivity contribution >= 4 is 40.5 Å². The quantitative estimate of drug-likeness (QED) is 0.414. The first-order chi connectivity index (χ1) is 17.3. The number of carbonyl (C=O) groups is 2. The first-order valence-electron chi connectivity index (χ1n) is 11.6. The number of rotatable bonds is 3. The summed E-state index contributed by atoms with van der Waals surface area (Å²) in [7, 11) is 1.37. The molecule has 4 rings (SSSR count). The Morgan fingerprint density at radius 1 is 1.14 bits per heavy atom. The van der Waals surface area contributed by atoms with E-state index in [1.807, 2.05) is 13.8 Å². The number of nitrogens with one attached hydrogen (secondary N) is 1. The van der Waals surface area contributed by atoms with E-state index >= 15 is 0 Å². The fraction of sp³-hybridized carbons (Fsp3) is 0.385. The van der Waals surface area contributed by atoms with Gasteiger partial charge in [-0.1, -0.05) is 20.3 Å². The molecule has 2 aromatic carbocycles. The average molecular weight is 533 g/mol. The van der Waals surface area contributed by atoms with Gasteiger partial charge in [0.05, 0.1) is 28.4 Å². The van der Waals surface area contributed by atoms with Gasteiger partial charge in [0.2, 0.25) is 0 Å². The van der Waals surface area contributed by atoms with Gasteiger partial charge in [0.25, 0.3) is 11.8 Å². The molecule has 1 saturated carbocycles. The molecule has 11 heteroatoms. The number of hydrogen-bond acceptors (Lipinski definition) is 4. The van der Waals surface area contributed by atoms with Crippen molar-refractivity contribution in [3.05, 3.63) is 58.9 Å². The van der Waals surface area contributed by atoms with Gasteiger partial charge in [0.15, 0.2) is 5.11 Å². The lowest BCUT2D eigenvalue weighted by Gasteiger charge is -2.45. The van der Waals surface area contributed by atoms with Crippen molar-refractivity contribution in [2.45, 2.75) is 51.2 Å². The normalized spacial score (nSPS) is 21.4. The molecule has 2 amide bonds. The minimum atomic E-state index is -4.82. The smallest absolute Gasteiger partial charge is 0.355 e. The highest BCUT2D eigenvalue weighted by molar-refractivity contribution is 7.81. The minimum Gasteiger partial charge on any atom is -0.355 e. The molecule has 1 heterocycles. The van der Waals surface area contributed by atoms with Gasteiger partial charge in [-0.2, -0.15) is 18.4 Å². The van der Waals surface area contributed by atoms with Gasteiger partial charge in [-0.3, -0.25) is 14.5 Å². The van der Waals surface area contributed by atoms with Crippen LogP contribution >= 0.6 is 12.2 Å². The Bertz CT molecular complexity index is 1350. The van der Waals surface area contributed by atoms with Crippen LogP contribution in [0.4, 0.5) is 28.9 Å². The number of anilines is 2. The summed E-state index contributed by atoms with van der Waals surface area (Å²) < 4.78 is 56.1. The van der Waals surface area contributed by atoms with Crippen molar-refractivity contribution in [3.63, 3.8) is 0 Å². The van der Waals surface area contributed by atoms with Crippen molar-refractivity contribution in [1.82, 2.24) is 5.32 Å². The van der Waals surface area contributed by atoms with Crippen molar-refractivity contribution in [2.24, 2.45) is 5.41 Å². The number of nitrogens with zero attached hydrogens (tertiary/aromatic N) is 3. The van der Waals surface area contributed by atoms with E-state index in [2.05, 4.69) is 5.32 Å². The first kappa shape index (κ1) is 26.5. The summed E-state index contributed by atoms with van der Waals surface area (Å²) in [5, 5.41) is 11.4. The summed E-state index contributed by atoms with van der Waals surface area (Å²) in [5.74, 6) is -1.97. The van der Waals surface area contributed by atoms with Crippen LogP contribution in [0.3, 0.4) is 0 Å². The van der Waals surface area contributed by atoms with Crippen LogP contribution in [0.1, 0.15) is 61.0 Å². The predicted molar refractivity (Wildman–Crippen MR) is 133 cm³/mol. The van der Waals surface area contributed by atoms with Crippen LogP contribution in [0.2, 0.25) is 0 Å². The number of hydrogen-bond donors (Lipinski definition) is 1. The van der Waals surface area contributed by atoms with Crippen LogP contribution in [-0.2, 0) is 11.0 Å². The topological polar surface area (TPSA) is 76.4 Å². The van der Waals surface area contributed by atoms with E-state index < -0.39 is 40.5 Å². The zero-order chi connectivity index (χ0) is 27.3. The molecular formula is C26H24F4N4O2S. The van der Waals surface area contributed by atoms with E-state index in [-0.39, 0.29) is 27.5 Å². The van der Waals surface area contributed by atoms with Gasteiger partial charge >= 0.3 is 6.18 Å². The molecule has 0 bridgehead atoms. The Morgan fingerprint density at radius 2 is 1.81 bits per heavy atom. The molecule has 1 saturated heterocycles. The maximum atomic E-state index is 15.0. The van der Waals surface area contributed by atoms with Gasteiger partial charge in [-0.25, -0.2) is 4.39 Å². The molecule has 37 heavy (non-hydrogen) atoms. The maximum Gasteiger partial charge on any atom is 0.417 e. The Balaban J connectivity index is 1.89. The highest BCUT2D eigenvalue weighted by Crippen LogP contribution is 2.50. The number of alkyl halides is 3. The molecule has 2 aromatic rings. The number of thiocarbonyl (C=S) groups is 1. The molecule has 6 nitrogen and oxygen atoms in total. The van der Waals surface area contributed by atoms with Crippen LogP contribution in [0.25, 0.3) is 0 Å². The molecule has 2 aliphatic rings. The molecule has 194 valence electrons. The van der Waals surface area contributed by atoms with Crippen LogP contribution in [0, 0.1) is 22.6 Å². The lowest BCUT2D eigenvalue weighted by Crippen LogP contribution is -2.54. The first-order valence-corrected chi connectivity index (χ1v) is 12.0. The molecule has 2 fully saturated rings. The second kappa shape index (κ2) is 9.10. The number of benzene rings is 2. The Hall–Kier alpha value is -3.52. The largest absolute Gasteiger partial charge is 0.417 e. The second-order valence-electron chi connectivity index (χ2n) is 10.1. The van der Waals surface area contributed by atoms with Gasteiger partial charge in [-0.05, 0) is 73.3 Å². The van der Waals surface area contributed by atoms with E-state index in [9.17, 15) is 27.2 Å². The fourth-order valence-electron chi connectivity index (χ4n) is 5.43. The molecule has 0 aromatic heterocycles. The van der Waals surface area contributed by atoms with Gasteiger partial charge in [0.1, 0.15) is 11.4 Å². The zero-order valence-corrected chi connectivity index (χ0v) is 21.2. The maximum absolute atomic E-state index is 15.0. The molecular weight excluding hydrogens is 508 g/mol. The van der Waals surface area contributed by atoms with E-state index in [0.29, 0.717) is 19.3 Å². The number of carbonyl (C=O) groups excluding carboxylic acids is 2. The molecule has 0 radical (unpaired) electrons. The van der Waals surface area contributed by atoms with Crippen LogP contribution in [0.5, 0.6) is 0 Å². The third-order valence-electron chi connectivity index (χ3n) is 7.00. The molecule has 1 N–H and O–H groups in total. The fourth-order valence-corrected chi connectivity index (χ4v) is 5.89. The van der Waals surface area contributed by atoms with Crippen LogP contribution < -0.4 is 15.1 Å². The van der Waals surface area contributed by atoms with Crippen molar-refractivity contribution < 1.29 is 27.2 Å². The van der Waals surface area contributed by atoms with E-state index in [1.165, 1.54) is 36.2 Å². The van der Waals surface area contributed by atoms with Gasteiger partial charge in [-0.15, -0.1) is 0 Å². The molecule has 1 spiro atoms. The number of halogens is 4. The molecule has 1 atom stereocenters. The summed E-state index contributed by atoms with van der Waals surface area (Å²) >= 11 is 5.66. The zero-order valence-electron chi connectivity index (χ0n) is 20.4. The lowest BCUT2D eigenvalue weighted by molar-refractivity contribution is -0.137. The van der Waals surface area contributed by atoms with Crippen LogP contribution in [0.15, 0.2) is 36.4 Å². The minimum absolute atomic E-state index is 0.104. The Labute approximate surface area is 216 Å². The Morgan fingerprint density at radius 3 is 2.38 bits per heavy atom. The second-order valence-corrected chi connectivity index (χ2v) is 10.4.